The van der Waals surface area contributed by atoms with E-state index in [4.69, 9.17) is 0 Å². The van der Waals surface area contributed by atoms with Crippen LogP contribution in [0.1, 0.15) is 62.7 Å². The number of amides is 1. The van der Waals surface area contributed by atoms with Gasteiger partial charge in [-0.1, -0.05) is 26.2 Å². The van der Waals surface area contributed by atoms with Crippen molar-refractivity contribution in [3.63, 3.8) is 0 Å². The molecular formula is C17H27N3O. The Hall–Kier alpha value is -1.58. The molecule has 1 aromatic rings. The van der Waals surface area contributed by atoms with E-state index in [2.05, 4.69) is 29.5 Å². The zero-order valence-electron chi connectivity index (χ0n) is 13.2. The summed E-state index contributed by atoms with van der Waals surface area (Å²) in [6, 6.07) is 2.10. The lowest BCUT2D eigenvalue weighted by Crippen LogP contribution is -2.39. The summed E-state index contributed by atoms with van der Waals surface area (Å²) >= 11 is 0. The van der Waals surface area contributed by atoms with Crippen LogP contribution < -0.4 is 10.6 Å². The Morgan fingerprint density at radius 2 is 2.14 bits per heavy atom. The largest absolute Gasteiger partial charge is 0.384 e. The molecule has 1 aromatic heterocycles. The lowest BCUT2D eigenvalue weighted by molar-refractivity contribution is 0.0919. The van der Waals surface area contributed by atoms with Gasteiger partial charge in [0.25, 0.3) is 5.91 Å². The number of rotatable bonds is 6. The van der Waals surface area contributed by atoms with Crippen molar-refractivity contribution in [2.24, 2.45) is 5.92 Å². The quantitative estimate of drug-likeness (QED) is 0.841. The van der Waals surface area contributed by atoms with Crippen LogP contribution in [-0.2, 0) is 0 Å². The van der Waals surface area contributed by atoms with Crippen LogP contribution in [0.4, 0.5) is 5.69 Å². The maximum Gasteiger partial charge on any atom is 0.255 e. The van der Waals surface area contributed by atoms with Crippen molar-refractivity contribution in [2.75, 3.05) is 11.9 Å². The number of nitrogens with one attached hydrogen (secondary N) is 2. The standard InChI is InChI=1S/C17H27N3O/c1-3-10-19-16-9-11-18-12-15(16)17(21)20-13(2)14-7-5-4-6-8-14/h9,11-14H,3-8,10H2,1-2H3,(H,18,19)(H,20,21). The smallest absolute Gasteiger partial charge is 0.255 e. The van der Waals surface area contributed by atoms with Gasteiger partial charge in [0, 0.05) is 25.0 Å². The summed E-state index contributed by atoms with van der Waals surface area (Å²) in [5.41, 5.74) is 1.52. The summed E-state index contributed by atoms with van der Waals surface area (Å²) in [7, 11) is 0. The van der Waals surface area contributed by atoms with Crippen molar-refractivity contribution in [1.82, 2.24) is 10.3 Å². The van der Waals surface area contributed by atoms with Crippen LogP contribution in [0.15, 0.2) is 18.5 Å². The molecule has 0 bridgehead atoms. The van der Waals surface area contributed by atoms with Gasteiger partial charge in [-0.05, 0) is 38.2 Å². The van der Waals surface area contributed by atoms with E-state index in [0.717, 1.165) is 18.7 Å². The molecule has 0 aromatic carbocycles. The maximum absolute atomic E-state index is 12.5. The molecule has 2 N–H and O–H groups in total. The van der Waals surface area contributed by atoms with E-state index in [1.165, 1.54) is 32.1 Å². The third-order valence-corrected chi connectivity index (χ3v) is 4.35. The zero-order chi connectivity index (χ0) is 15.1. The summed E-state index contributed by atoms with van der Waals surface area (Å²) in [6.07, 6.45) is 10.8. The molecule has 2 rings (SSSR count). The Kier molecular flexibility index (Phi) is 6.03. The highest BCUT2D eigenvalue weighted by atomic mass is 16.1. The SMILES string of the molecule is CCCNc1ccncc1C(=O)NC(C)C1CCCCC1. The first-order chi connectivity index (χ1) is 10.2. The molecular weight excluding hydrogens is 262 g/mol. The van der Waals surface area contributed by atoms with Crippen molar-refractivity contribution in [2.45, 2.75) is 58.4 Å². The number of hydrogen-bond donors (Lipinski definition) is 2. The molecule has 1 fully saturated rings. The molecule has 1 saturated carbocycles. The first-order valence-corrected chi connectivity index (χ1v) is 8.21. The van der Waals surface area contributed by atoms with Crippen LogP contribution in [0, 0.1) is 5.92 Å². The lowest BCUT2D eigenvalue weighted by atomic mass is 9.84. The molecule has 1 aliphatic rings. The molecule has 0 spiro atoms. The molecule has 0 saturated heterocycles. The summed E-state index contributed by atoms with van der Waals surface area (Å²) in [5.74, 6) is 0.603. The Morgan fingerprint density at radius 1 is 1.38 bits per heavy atom. The van der Waals surface area contributed by atoms with Crippen molar-refractivity contribution < 1.29 is 4.79 Å². The minimum absolute atomic E-state index is 0.0141. The van der Waals surface area contributed by atoms with Crippen molar-refractivity contribution in [3.05, 3.63) is 24.0 Å². The van der Waals surface area contributed by atoms with Gasteiger partial charge in [0.2, 0.25) is 0 Å². The molecule has 0 aliphatic heterocycles. The molecule has 1 aliphatic carbocycles. The number of nitrogens with zero attached hydrogens (tertiary/aromatic N) is 1. The van der Waals surface area contributed by atoms with Crippen LogP contribution >= 0.6 is 0 Å². The summed E-state index contributed by atoms with van der Waals surface area (Å²) in [5, 5.41) is 6.46. The monoisotopic (exact) mass is 289 g/mol. The molecule has 21 heavy (non-hydrogen) atoms. The predicted octanol–water partition coefficient (Wildman–Crippen LogP) is 3.60. The first-order valence-electron chi connectivity index (χ1n) is 8.21. The second kappa shape index (κ2) is 8.01. The lowest BCUT2D eigenvalue weighted by Gasteiger charge is -2.28. The minimum atomic E-state index is -0.0141. The van der Waals surface area contributed by atoms with E-state index >= 15 is 0 Å². The number of aromatic nitrogens is 1. The zero-order valence-corrected chi connectivity index (χ0v) is 13.2. The second-order valence-corrected chi connectivity index (χ2v) is 6.01. The Balaban J connectivity index is 1.98. The molecule has 1 atom stereocenters. The summed E-state index contributed by atoms with van der Waals surface area (Å²) in [6.45, 7) is 5.10. The fourth-order valence-electron chi connectivity index (χ4n) is 3.03. The van der Waals surface area contributed by atoms with Crippen LogP contribution in [0.5, 0.6) is 0 Å². The number of pyridine rings is 1. The predicted molar refractivity (Wildman–Crippen MR) is 86.5 cm³/mol. The van der Waals surface area contributed by atoms with E-state index in [0.29, 0.717) is 11.5 Å². The van der Waals surface area contributed by atoms with Gasteiger partial charge < -0.3 is 10.6 Å². The fraction of sp³-hybridized carbons (Fsp3) is 0.647. The van der Waals surface area contributed by atoms with Crippen LogP contribution in [0.25, 0.3) is 0 Å². The topological polar surface area (TPSA) is 54.0 Å². The highest BCUT2D eigenvalue weighted by molar-refractivity contribution is 5.99. The molecule has 1 unspecified atom stereocenters. The van der Waals surface area contributed by atoms with Gasteiger partial charge in [0.15, 0.2) is 0 Å². The molecule has 1 amide bonds. The fourth-order valence-corrected chi connectivity index (χ4v) is 3.03. The van der Waals surface area contributed by atoms with E-state index in [1.54, 1.807) is 12.4 Å². The van der Waals surface area contributed by atoms with Crippen molar-refractivity contribution in [3.8, 4) is 0 Å². The third-order valence-electron chi connectivity index (χ3n) is 4.35. The van der Waals surface area contributed by atoms with Crippen molar-refractivity contribution >= 4 is 11.6 Å². The molecule has 4 heteroatoms. The average Bonchev–Trinajstić information content (AvgIpc) is 2.54. The van der Waals surface area contributed by atoms with Gasteiger partial charge in [-0.3, -0.25) is 9.78 Å². The van der Waals surface area contributed by atoms with Crippen LogP contribution in [0.2, 0.25) is 0 Å². The summed E-state index contributed by atoms with van der Waals surface area (Å²) in [4.78, 5) is 16.6. The van der Waals surface area contributed by atoms with E-state index < -0.39 is 0 Å². The molecule has 1 heterocycles. The molecule has 116 valence electrons. The minimum Gasteiger partial charge on any atom is -0.384 e. The first kappa shape index (κ1) is 15.8. The number of anilines is 1. The van der Waals surface area contributed by atoms with Crippen LogP contribution in [-0.4, -0.2) is 23.5 Å². The highest BCUT2D eigenvalue weighted by Crippen LogP contribution is 2.26. The van der Waals surface area contributed by atoms with Gasteiger partial charge >= 0.3 is 0 Å². The van der Waals surface area contributed by atoms with E-state index in [1.807, 2.05) is 6.07 Å². The van der Waals surface area contributed by atoms with Gasteiger partial charge in [-0.15, -0.1) is 0 Å². The Morgan fingerprint density at radius 3 is 2.86 bits per heavy atom. The van der Waals surface area contributed by atoms with E-state index in [9.17, 15) is 4.79 Å². The maximum atomic E-state index is 12.5. The number of carbonyl (C=O) groups is 1. The third kappa shape index (κ3) is 4.45. The number of hydrogen-bond acceptors (Lipinski definition) is 3. The van der Waals surface area contributed by atoms with Gasteiger partial charge in [-0.2, -0.15) is 0 Å². The van der Waals surface area contributed by atoms with Crippen LogP contribution in [0.3, 0.4) is 0 Å². The number of carbonyl (C=O) groups excluding carboxylic acids is 1. The van der Waals surface area contributed by atoms with Gasteiger partial charge in [0.1, 0.15) is 0 Å². The Labute approximate surface area is 127 Å². The molecule has 4 nitrogen and oxygen atoms in total. The molecule has 0 radical (unpaired) electrons. The van der Waals surface area contributed by atoms with Gasteiger partial charge in [-0.25, -0.2) is 0 Å². The summed E-state index contributed by atoms with van der Waals surface area (Å²) < 4.78 is 0. The van der Waals surface area contributed by atoms with E-state index in [-0.39, 0.29) is 11.9 Å². The van der Waals surface area contributed by atoms with Crippen molar-refractivity contribution in [1.29, 1.82) is 0 Å². The Bertz CT molecular complexity index is 455. The normalized spacial score (nSPS) is 17.2. The van der Waals surface area contributed by atoms with Gasteiger partial charge in [0.05, 0.1) is 11.3 Å². The second-order valence-electron chi connectivity index (χ2n) is 6.01. The average molecular weight is 289 g/mol. The highest BCUT2D eigenvalue weighted by Gasteiger charge is 2.22.